The molecular weight excluding hydrogens is 454 g/mol. The molecule has 7 heteroatoms. The summed E-state index contributed by atoms with van der Waals surface area (Å²) in [4.78, 5) is 41.6. The zero-order valence-electron chi connectivity index (χ0n) is 23.1. The third-order valence-corrected chi connectivity index (χ3v) is 5.61. The molecule has 0 fully saturated rings. The van der Waals surface area contributed by atoms with Gasteiger partial charge in [0.1, 0.15) is 17.7 Å². The highest BCUT2D eigenvalue weighted by atomic mass is 16.6. The normalized spacial score (nSPS) is 13.4. The molecule has 2 aromatic rings. The van der Waals surface area contributed by atoms with Crippen molar-refractivity contribution in [1.82, 2.24) is 15.5 Å². The molecule has 0 radical (unpaired) electrons. The Kier molecular flexibility index (Phi) is 9.30. The largest absolute Gasteiger partial charge is 0.444 e. The van der Waals surface area contributed by atoms with E-state index in [-0.39, 0.29) is 11.8 Å². The second-order valence-corrected chi connectivity index (χ2v) is 11.2. The van der Waals surface area contributed by atoms with Gasteiger partial charge in [-0.15, -0.1) is 0 Å². The number of hydrogen-bond acceptors (Lipinski definition) is 4. The Morgan fingerprint density at radius 1 is 0.944 bits per heavy atom. The first-order valence-electron chi connectivity index (χ1n) is 12.3. The molecule has 2 aromatic carbocycles. The molecule has 2 unspecified atom stereocenters. The molecule has 36 heavy (non-hydrogen) atoms. The Labute approximate surface area is 215 Å². The van der Waals surface area contributed by atoms with E-state index in [1.165, 1.54) is 0 Å². The first-order valence-corrected chi connectivity index (χ1v) is 12.3. The molecule has 2 atom stereocenters. The van der Waals surface area contributed by atoms with Crippen molar-refractivity contribution in [1.29, 1.82) is 0 Å². The minimum atomic E-state index is -0.909. The van der Waals surface area contributed by atoms with E-state index < -0.39 is 29.3 Å². The van der Waals surface area contributed by atoms with E-state index in [4.69, 9.17) is 4.74 Å². The fourth-order valence-corrected chi connectivity index (χ4v) is 3.93. The van der Waals surface area contributed by atoms with E-state index in [0.29, 0.717) is 6.54 Å². The van der Waals surface area contributed by atoms with Gasteiger partial charge in [0.25, 0.3) is 0 Å². The fourth-order valence-electron chi connectivity index (χ4n) is 3.93. The van der Waals surface area contributed by atoms with Crippen LogP contribution >= 0.6 is 0 Å². The van der Waals surface area contributed by atoms with Crippen LogP contribution in [0.3, 0.4) is 0 Å². The van der Waals surface area contributed by atoms with Crippen LogP contribution in [0.5, 0.6) is 0 Å². The van der Waals surface area contributed by atoms with Crippen LogP contribution in [0, 0.1) is 13.8 Å². The van der Waals surface area contributed by atoms with Gasteiger partial charge in [-0.05, 0) is 79.0 Å². The maximum Gasteiger partial charge on any atom is 0.408 e. The minimum absolute atomic E-state index is 0.291. The van der Waals surface area contributed by atoms with Gasteiger partial charge in [0.05, 0.1) is 0 Å². The molecule has 0 saturated carbocycles. The molecule has 0 saturated heterocycles. The summed E-state index contributed by atoms with van der Waals surface area (Å²) >= 11 is 0. The van der Waals surface area contributed by atoms with Gasteiger partial charge in [0.15, 0.2) is 0 Å². The summed E-state index contributed by atoms with van der Waals surface area (Å²) in [5.74, 6) is -0.672. The molecule has 2 N–H and O–H groups in total. The van der Waals surface area contributed by atoms with E-state index in [1.54, 1.807) is 32.6 Å². The van der Waals surface area contributed by atoms with Crippen LogP contribution < -0.4 is 10.6 Å². The molecule has 3 amide bonds. The smallest absolute Gasteiger partial charge is 0.408 e. The average molecular weight is 496 g/mol. The molecule has 7 nitrogen and oxygen atoms in total. The van der Waals surface area contributed by atoms with Crippen molar-refractivity contribution in [3.8, 4) is 0 Å². The third kappa shape index (κ3) is 8.11. The standard InChI is InChI=1S/C29H41N3O4/c1-19-15-16-20(2)23(17-19)24(25(33)30-18-22-13-11-10-12-14-22)32(28(4,5)6)26(34)21(3)31-27(35)36-29(7,8)9/h10-17,21,24H,18H2,1-9H3,(H,30,33)(H,31,35). The van der Waals surface area contributed by atoms with Crippen LogP contribution in [0.15, 0.2) is 48.5 Å². The number of ether oxygens (including phenoxy) is 1. The molecule has 0 heterocycles. The summed E-state index contributed by atoms with van der Waals surface area (Å²) in [7, 11) is 0. The fraction of sp³-hybridized carbons (Fsp3) is 0.483. The average Bonchev–Trinajstić information content (AvgIpc) is 2.75. The maximum atomic E-state index is 13.9. The van der Waals surface area contributed by atoms with E-state index >= 15 is 0 Å². The molecule has 0 spiro atoms. The number of hydrogen-bond donors (Lipinski definition) is 2. The summed E-state index contributed by atoms with van der Waals surface area (Å²) < 4.78 is 5.34. The van der Waals surface area contributed by atoms with E-state index in [1.807, 2.05) is 83.1 Å². The predicted molar refractivity (Wildman–Crippen MR) is 142 cm³/mol. The lowest BCUT2D eigenvalue weighted by Crippen LogP contribution is -2.58. The zero-order chi connectivity index (χ0) is 27.3. The monoisotopic (exact) mass is 495 g/mol. The second kappa shape index (κ2) is 11.6. The summed E-state index contributed by atoms with van der Waals surface area (Å²) in [6, 6.07) is 13.7. The zero-order valence-corrected chi connectivity index (χ0v) is 23.1. The van der Waals surface area contributed by atoms with Crippen molar-refractivity contribution in [3.05, 3.63) is 70.8 Å². The van der Waals surface area contributed by atoms with E-state index in [9.17, 15) is 14.4 Å². The molecule has 0 bridgehead atoms. The molecule has 0 aliphatic carbocycles. The number of nitrogens with one attached hydrogen (secondary N) is 2. The number of rotatable bonds is 7. The van der Waals surface area contributed by atoms with Crippen molar-refractivity contribution in [2.75, 3.05) is 0 Å². The Morgan fingerprint density at radius 3 is 2.11 bits per heavy atom. The summed E-state index contributed by atoms with van der Waals surface area (Å²) in [6.07, 6.45) is -0.686. The van der Waals surface area contributed by atoms with Crippen molar-refractivity contribution < 1.29 is 19.1 Å². The minimum Gasteiger partial charge on any atom is -0.444 e. The van der Waals surface area contributed by atoms with Gasteiger partial charge in [0.2, 0.25) is 11.8 Å². The first kappa shape index (κ1) is 28.9. The highest BCUT2D eigenvalue weighted by molar-refractivity contribution is 5.92. The Morgan fingerprint density at radius 2 is 1.56 bits per heavy atom. The first-order chi connectivity index (χ1) is 16.6. The van der Waals surface area contributed by atoms with Gasteiger partial charge in [-0.1, -0.05) is 54.1 Å². The van der Waals surface area contributed by atoms with E-state index in [0.717, 1.165) is 22.3 Å². The second-order valence-electron chi connectivity index (χ2n) is 11.2. The van der Waals surface area contributed by atoms with Crippen molar-refractivity contribution in [2.24, 2.45) is 0 Å². The van der Waals surface area contributed by atoms with Gasteiger partial charge in [-0.2, -0.15) is 0 Å². The van der Waals surface area contributed by atoms with Crippen molar-refractivity contribution in [2.45, 2.75) is 92.1 Å². The van der Waals surface area contributed by atoms with Gasteiger partial charge < -0.3 is 20.3 Å². The van der Waals surface area contributed by atoms with E-state index in [2.05, 4.69) is 10.6 Å². The number of carbonyl (C=O) groups excluding carboxylic acids is 3. The molecule has 0 aliphatic rings. The van der Waals surface area contributed by atoms with Crippen LogP contribution in [-0.2, 0) is 20.9 Å². The number of aryl methyl sites for hydroxylation is 2. The van der Waals surface area contributed by atoms with Gasteiger partial charge in [-0.25, -0.2) is 4.79 Å². The number of benzene rings is 2. The number of nitrogens with zero attached hydrogens (tertiary/aromatic N) is 1. The van der Waals surface area contributed by atoms with Crippen molar-refractivity contribution in [3.63, 3.8) is 0 Å². The summed E-state index contributed by atoms with van der Waals surface area (Å²) in [5, 5.41) is 5.65. The Hall–Kier alpha value is -3.35. The lowest BCUT2D eigenvalue weighted by molar-refractivity contribution is -0.148. The number of amides is 3. The lowest BCUT2D eigenvalue weighted by Gasteiger charge is -2.43. The number of carbonyl (C=O) groups is 3. The predicted octanol–water partition coefficient (Wildman–Crippen LogP) is 5.20. The van der Waals surface area contributed by atoms with Crippen molar-refractivity contribution >= 4 is 17.9 Å². The van der Waals surface area contributed by atoms with Crippen LogP contribution in [-0.4, -0.2) is 40.0 Å². The Balaban J connectivity index is 2.47. The van der Waals surface area contributed by atoms with Gasteiger partial charge >= 0.3 is 6.09 Å². The van der Waals surface area contributed by atoms with Crippen LogP contribution in [0.4, 0.5) is 4.79 Å². The molecule has 2 rings (SSSR count). The van der Waals surface area contributed by atoms with Crippen LogP contribution in [0.2, 0.25) is 0 Å². The Bertz CT molecular complexity index is 1070. The highest BCUT2D eigenvalue weighted by Crippen LogP contribution is 2.32. The van der Waals surface area contributed by atoms with Crippen LogP contribution in [0.25, 0.3) is 0 Å². The van der Waals surface area contributed by atoms with Gasteiger partial charge in [0, 0.05) is 12.1 Å². The topological polar surface area (TPSA) is 87.7 Å². The molecule has 0 aromatic heterocycles. The maximum absolute atomic E-state index is 13.9. The molecular formula is C29H41N3O4. The molecule has 0 aliphatic heterocycles. The summed E-state index contributed by atoms with van der Waals surface area (Å²) in [6.45, 7) is 16.7. The summed E-state index contributed by atoms with van der Waals surface area (Å²) in [5.41, 5.74) is 2.15. The highest BCUT2D eigenvalue weighted by Gasteiger charge is 2.41. The number of alkyl carbamates (subject to hydrolysis) is 1. The quantitative estimate of drug-likeness (QED) is 0.553. The van der Waals surface area contributed by atoms with Gasteiger partial charge in [-0.3, -0.25) is 9.59 Å². The van der Waals surface area contributed by atoms with Crippen LogP contribution in [0.1, 0.15) is 76.8 Å². The molecule has 196 valence electrons. The lowest BCUT2D eigenvalue weighted by atomic mass is 9.92. The SMILES string of the molecule is Cc1ccc(C)c(C(C(=O)NCc2ccccc2)N(C(=O)C(C)NC(=O)OC(C)(C)C)C(C)(C)C)c1. The third-order valence-electron chi connectivity index (χ3n) is 5.61.